The molecule has 2 aromatic carbocycles. The van der Waals surface area contributed by atoms with Gasteiger partial charge in [-0.2, -0.15) is 0 Å². The third kappa shape index (κ3) is 5.87. The van der Waals surface area contributed by atoms with E-state index in [0.29, 0.717) is 44.8 Å². The van der Waals surface area contributed by atoms with E-state index in [2.05, 4.69) is 0 Å². The van der Waals surface area contributed by atoms with E-state index in [-0.39, 0.29) is 24.2 Å². The standard InChI is InChI=1S/C23H27FN2O4/c1-29-17-21(30-16-18-6-3-2-4-7-18)23(28)26-13-5-12-25(14-15-26)22(27)19-8-10-20(24)11-9-19/h2-4,6-11,21H,5,12-17H2,1H3. The van der Waals surface area contributed by atoms with Crippen LogP contribution in [-0.2, 0) is 20.9 Å². The van der Waals surface area contributed by atoms with Gasteiger partial charge < -0.3 is 19.3 Å². The zero-order valence-electron chi connectivity index (χ0n) is 17.1. The molecule has 1 heterocycles. The van der Waals surface area contributed by atoms with Crippen LogP contribution in [0.2, 0.25) is 0 Å². The molecule has 2 amide bonds. The van der Waals surface area contributed by atoms with Gasteiger partial charge in [-0.1, -0.05) is 30.3 Å². The number of hydrogen-bond donors (Lipinski definition) is 0. The van der Waals surface area contributed by atoms with Crippen LogP contribution < -0.4 is 0 Å². The normalized spacial score (nSPS) is 15.5. The van der Waals surface area contributed by atoms with Crippen LogP contribution >= 0.6 is 0 Å². The van der Waals surface area contributed by atoms with Gasteiger partial charge in [-0.15, -0.1) is 0 Å². The van der Waals surface area contributed by atoms with E-state index in [0.717, 1.165) is 5.56 Å². The Balaban J connectivity index is 1.58. The van der Waals surface area contributed by atoms with Crippen LogP contribution in [-0.4, -0.2) is 67.6 Å². The van der Waals surface area contributed by atoms with E-state index >= 15 is 0 Å². The molecular weight excluding hydrogens is 387 g/mol. The Morgan fingerprint density at radius 1 is 0.967 bits per heavy atom. The van der Waals surface area contributed by atoms with Crippen molar-refractivity contribution in [2.45, 2.75) is 19.1 Å². The Morgan fingerprint density at radius 2 is 1.63 bits per heavy atom. The molecule has 0 saturated carbocycles. The lowest BCUT2D eigenvalue weighted by Crippen LogP contribution is -2.44. The first-order valence-electron chi connectivity index (χ1n) is 10.1. The number of carbonyl (C=O) groups is 2. The number of ether oxygens (including phenoxy) is 2. The summed E-state index contributed by atoms with van der Waals surface area (Å²) in [5.41, 5.74) is 1.43. The molecule has 0 aliphatic carbocycles. The first kappa shape index (κ1) is 21.9. The lowest BCUT2D eigenvalue weighted by Gasteiger charge is -2.26. The first-order valence-corrected chi connectivity index (χ1v) is 10.1. The van der Waals surface area contributed by atoms with Crippen molar-refractivity contribution in [1.82, 2.24) is 9.80 Å². The van der Waals surface area contributed by atoms with Crippen LogP contribution in [0.15, 0.2) is 54.6 Å². The van der Waals surface area contributed by atoms with Gasteiger partial charge in [0.2, 0.25) is 0 Å². The molecule has 1 atom stereocenters. The zero-order valence-corrected chi connectivity index (χ0v) is 17.1. The number of amides is 2. The Labute approximate surface area is 176 Å². The Morgan fingerprint density at radius 3 is 2.33 bits per heavy atom. The monoisotopic (exact) mass is 414 g/mol. The highest BCUT2D eigenvalue weighted by Crippen LogP contribution is 2.13. The van der Waals surface area contributed by atoms with Crippen LogP contribution in [0.25, 0.3) is 0 Å². The van der Waals surface area contributed by atoms with Crippen LogP contribution in [0.5, 0.6) is 0 Å². The van der Waals surface area contributed by atoms with E-state index < -0.39 is 6.10 Å². The average Bonchev–Trinajstić information content (AvgIpc) is 3.03. The molecule has 1 aliphatic heterocycles. The summed E-state index contributed by atoms with van der Waals surface area (Å²) in [4.78, 5) is 29.1. The van der Waals surface area contributed by atoms with E-state index in [1.54, 1.807) is 9.80 Å². The average molecular weight is 414 g/mol. The predicted molar refractivity (Wildman–Crippen MR) is 110 cm³/mol. The number of hydrogen-bond acceptors (Lipinski definition) is 4. The molecule has 0 radical (unpaired) electrons. The fraction of sp³-hybridized carbons (Fsp3) is 0.391. The van der Waals surface area contributed by atoms with Crippen molar-refractivity contribution in [3.63, 3.8) is 0 Å². The maximum Gasteiger partial charge on any atom is 0.254 e. The van der Waals surface area contributed by atoms with E-state index in [4.69, 9.17) is 9.47 Å². The van der Waals surface area contributed by atoms with E-state index in [1.165, 1.54) is 31.4 Å². The molecule has 6 nitrogen and oxygen atoms in total. The zero-order chi connectivity index (χ0) is 21.3. The number of carbonyl (C=O) groups excluding carboxylic acids is 2. The molecular formula is C23H27FN2O4. The quantitative estimate of drug-likeness (QED) is 0.699. The van der Waals surface area contributed by atoms with Crippen LogP contribution in [0.3, 0.4) is 0 Å². The highest BCUT2D eigenvalue weighted by molar-refractivity contribution is 5.94. The maximum atomic E-state index is 13.1. The number of halogens is 1. The highest BCUT2D eigenvalue weighted by atomic mass is 19.1. The summed E-state index contributed by atoms with van der Waals surface area (Å²) in [7, 11) is 1.54. The van der Waals surface area contributed by atoms with Crippen LogP contribution in [0.1, 0.15) is 22.3 Å². The molecule has 1 aliphatic rings. The molecule has 0 aromatic heterocycles. The van der Waals surface area contributed by atoms with Gasteiger partial charge in [0, 0.05) is 38.9 Å². The largest absolute Gasteiger partial charge is 0.381 e. The smallest absolute Gasteiger partial charge is 0.254 e. The van der Waals surface area contributed by atoms with E-state index in [9.17, 15) is 14.0 Å². The molecule has 3 rings (SSSR count). The minimum Gasteiger partial charge on any atom is -0.381 e. The first-order chi connectivity index (χ1) is 14.6. The summed E-state index contributed by atoms with van der Waals surface area (Å²) in [5.74, 6) is -0.666. The van der Waals surface area contributed by atoms with Gasteiger partial charge in [0.1, 0.15) is 5.82 Å². The SMILES string of the molecule is COCC(OCc1ccccc1)C(=O)N1CCCN(C(=O)c2ccc(F)cc2)CC1. The van der Waals surface area contributed by atoms with Crippen molar-refractivity contribution in [3.05, 3.63) is 71.5 Å². The Kier molecular flexibility index (Phi) is 7.93. The number of rotatable bonds is 7. The highest BCUT2D eigenvalue weighted by Gasteiger charge is 2.28. The fourth-order valence-corrected chi connectivity index (χ4v) is 3.43. The second-order valence-corrected chi connectivity index (χ2v) is 7.22. The maximum absolute atomic E-state index is 13.1. The van der Waals surface area contributed by atoms with Crippen molar-refractivity contribution in [3.8, 4) is 0 Å². The molecule has 30 heavy (non-hydrogen) atoms. The molecule has 0 spiro atoms. The summed E-state index contributed by atoms with van der Waals surface area (Å²) in [6.07, 6.45) is -0.0357. The van der Waals surface area contributed by atoms with Gasteiger partial charge in [0.25, 0.3) is 11.8 Å². The molecule has 1 unspecified atom stereocenters. The van der Waals surface area contributed by atoms with Gasteiger partial charge in [0.15, 0.2) is 6.10 Å². The Bertz CT molecular complexity index is 829. The third-order valence-electron chi connectivity index (χ3n) is 5.07. The summed E-state index contributed by atoms with van der Waals surface area (Å²) in [6, 6.07) is 15.2. The Hall–Kier alpha value is -2.77. The van der Waals surface area contributed by atoms with Gasteiger partial charge in [-0.05, 0) is 36.2 Å². The van der Waals surface area contributed by atoms with E-state index in [1.807, 2.05) is 30.3 Å². The van der Waals surface area contributed by atoms with Crippen molar-refractivity contribution in [2.24, 2.45) is 0 Å². The summed E-state index contributed by atoms with van der Waals surface area (Å²) >= 11 is 0. The van der Waals surface area contributed by atoms with Crippen molar-refractivity contribution in [2.75, 3.05) is 39.9 Å². The lowest BCUT2D eigenvalue weighted by atomic mass is 10.2. The fourth-order valence-electron chi connectivity index (χ4n) is 3.43. The molecule has 7 heteroatoms. The van der Waals surface area contributed by atoms with Crippen molar-refractivity contribution >= 4 is 11.8 Å². The minimum absolute atomic E-state index is 0.135. The van der Waals surface area contributed by atoms with Gasteiger partial charge >= 0.3 is 0 Å². The molecule has 1 fully saturated rings. The number of benzene rings is 2. The predicted octanol–water partition coefficient (Wildman–Crippen LogP) is 2.73. The minimum atomic E-state index is -0.699. The number of methoxy groups -OCH3 is 1. The molecule has 1 saturated heterocycles. The van der Waals surface area contributed by atoms with Crippen molar-refractivity contribution < 1.29 is 23.5 Å². The van der Waals surface area contributed by atoms with Crippen LogP contribution in [0, 0.1) is 5.82 Å². The number of nitrogens with zero attached hydrogens (tertiary/aromatic N) is 2. The summed E-state index contributed by atoms with van der Waals surface area (Å²) in [5, 5.41) is 0. The molecule has 160 valence electrons. The molecule has 0 bridgehead atoms. The third-order valence-corrected chi connectivity index (χ3v) is 5.07. The van der Waals surface area contributed by atoms with Crippen LogP contribution in [0.4, 0.5) is 4.39 Å². The second kappa shape index (κ2) is 10.8. The van der Waals surface area contributed by atoms with Gasteiger partial charge in [0.05, 0.1) is 13.2 Å². The molecule has 2 aromatic rings. The lowest BCUT2D eigenvalue weighted by molar-refractivity contribution is -0.148. The second-order valence-electron chi connectivity index (χ2n) is 7.22. The summed E-state index contributed by atoms with van der Waals surface area (Å²) in [6.45, 7) is 2.41. The topological polar surface area (TPSA) is 59.1 Å². The van der Waals surface area contributed by atoms with Gasteiger partial charge in [-0.25, -0.2) is 4.39 Å². The molecule has 0 N–H and O–H groups in total. The summed E-state index contributed by atoms with van der Waals surface area (Å²) < 4.78 is 24.2. The van der Waals surface area contributed by atoms with Gasteiger partial charge in [-0.3, -0.25) is 9.59 Å². The van der Waals surface area contributed by atoms with Crippen molar-refractivity contribution in [1.29, 1.82) is 0 Å².